The van der Waals surface area contributed by atoms with Crippen molar-refractivity contribution in [3.8, 4) is 0 Å². The van der Waals surface area contributed by atoms with Crippen LogP contribution in [-0.4, -0.2) is 32.8 Å². The molecule has 0 radical (unpaired) electrons. The summed E-state index contributed by atoms with van der Waals surface area (Å²) in [6.45, 7) is 6.07. The highest BCUT2D eigenvalue weighted by atomic mass is 16.5. The lowest BCUT2D eigenvalue weighted by Crippen LogP contribution is -2.28. The molecule has 1 aliphatic rings. The van der Waals surface area contributed by atoms with Crippen LogP contribution in [0.2, 0.25) is 0 Å². The van der Waals surface area contributed by atoms with Crippen LogP contribution in [0.4, 0.5) is 0 Å². The van der Waals surface area contributed by atoms with Gasteiger partial charge in [0, 0.05) is 13.0 Å². The first-order valence-electron chi connectivity index (χ1n) is 6.01. The Kier molecular flexibility index (Phi) is 3.28. The molecule has 17 heavy (non-hydrogen) atoms. The van der Waals surface area contributed by atoms with E-state index in [0.29, 0.717) is 12.2 Å². The van der Waals surface area contributed by atoms with Gasteiger partial charge in [-0.1, -0.05) is 6.92 Å². The molecule has 5 heteroatoms. The van der Waals surface area contributed by atoms with Crippen molar-refractivity contribution in [3.63, 3.8) is 0 Å². The summed E-state index contributed by atoms with van der Waals surface area (Å²) in [4.78, 5) is 16.4. The number of aryl methyl sites for hydroxylation is 1. The number of Topliss-reactive ketones (excluding diaryl/α,β-unsaturated/α-hetero) is 1. The average Bonchev–Trinajstić information content (AvgIpc) is 2.74. The van der Waals surface area contributed by atoms with Crippen LogP contribution in [-0.2, 0) is 23.0 Å². The van der Waals surface area contributed by atoms with Gasteiger partial charge in [0.25, 0.3) is 0 Å². The molecule has 1 fully saturated rings. The second-order valence-electron chi connectivity index (χ2n) is 4.87. The molecule has 5 nitrogen and oxygen atoms in total. The summed E-state index contributed by atoms with van der Waals surface area (Å²) in [6, 6.07) is 0. The van der Waals surface area contributed by atoms with Gasteiger partial charge in [-0.2, -0.15) is 5.10 Å². The number of hydrogen-bond donors (Lipinski definition) is 0. The zero-order valence-electron chi connectivity index (χ0n) is 10.8. The Morgan fingerprint density at radius 2 is 2.12 bits per heavy atom. The molecule has 1 aliphatic heterocycles. The SMILES string of the molecule is CC1OC(C)C(C(=O)Cc2ncnn2C)C1C. The van der Waals surface area contributed by atoms with E-state index in [1.54, 1.807) is 11.7 Å². The lowest BCUT2D eigenvalue weighted by Gasteiger charge is -2.16. The van der Waals surface area contributed by atoms with Crippen LogP contribution in [0.25, 0.3) is 0 Å². The number of carbonyl (C=O) groups excluding carboxylic acids is 1. The third kappa shape index (κ3) is 2.24. The maximum absolute atomic E-state index is 12.3. The van der Waals surface area contributed by atoms with Crippen LogP contribution in [0.1, 0.15) is 26.6 Å². The number of ketones is 1. The Morgan fingerprint density at radius 1 is 1.41 bits per heavy atom. The van der Waals surface area contributed by atoms with Gasteiger partial charge < -0.3 is 4.74 Å². The predicted molar refractivity (Wildman–Crippen MR) is 62.4 cm³/mol. The second-order valence-corrected chi connectivity index (χ2v) is 4.87. The highest BCUT2D eigenvalue weighted by Gasteiger charge is 2.41. The standard InChI is InChI=1S/C12H19N3O2/c1-7-8(2)17-9(3)12(7)10(16)5-11-13-6-14-15(11)4/h6-9,12H,5H2,1-4H3. The normalized spacial score (nSPS) is 32.9. The molecule has 1 aromatic heterocycles. The molecule has 0 spiro atoms. The van der Waals surface area contributed by atoms with Crippen LogP contribution in [0.3, 0.4) is 0 Å². The Balaban J connectivity index is 2.08. The molecule has 4 unspecified atom stereocenters. The quantitative estimate of drug-likeness (QED) is 0.786. The van der Waals surface area contributed by atoms with Gasteiger partial charge in [-0.05, 0) is 19.8 Å². The van der Waals surface area contributed by atoms with Gasteiger partial charge >= 0.3 is 0 Å². The average molecular weight is 237 g/mol. The van der Waals surface area contributed by atoms with Crippen molar-refractivity contribution in [1.82, 2.24) is 14.8 Å². The van der Waals surface area contributed by atoms with E-state index in [2.05, 4.69) is 17.0 Å². The van der Waals surface area contributed by atoms with Crippen molar-refractivity contribution < 1.29 is 9.53 Å². The molecule has 1 saturated heterocycles. The predicted octanol–water partition coefficient (Wildman–Crippen LogP) is 0.986. The molecule has 0 aromatic carbocycles. The second kappa shape index (κ2) is 4.56. The maximum Gasteiger partial charge on any atom is 0.146 e. The number of nitrogens with zero attached hydrogens (tertiary/aromatic N) is 3. The molecule has 0 amide bonds. The Labute approximate surface area is 101 Å². The lowest BCUT2D eigenvalue weighted by molar-refractivity contribution is -0.124. The highest BCUT2D eigenvalue weighted by molar-refractivity contribution is 5.83. The van der Waals surface area contributed by atoms with Crippen molar-refractivity contribution in [2.24, 2.45) is 18.9 Å². The van der Waals surface area contributed by atoms with Gasteiger partial charge in [-0.3, -0.25) is 9.48 Å². The van der Waals surface area contributed by atoms with Crippen molar-refractivity contribution >= 4 is 5.78 Å². The van der Waals surface area contributed by atoms with Gasteiger partial charge in [0.05, 0.1) is 18.6 Å². The highest BCUT2D eigenvalue weighted by Crippen LogP contribution is 2.33. The topological polar surface area (TPSA) is 57.0 Å². The van der Waals surface area contributed by atoms with E-state index >= 15 is 0 Å². The molecule has 2 rings (SSSR count). The van der Waals surface area contributed by atoms with Crippen LogP contribution < -0.4 is 0 Å². The van der Waals surface area contributed by atoms with E-state index in [9.17, 15) is 4.79 Å². The van der Waals surface area contributed by atoms with Crippen LogP contribution in [0.5, 0.6) is 0 Å². The van der Waals surface area contributed by atoms with Crippen LogP contribution in [0.15, 0.2) is 6.33 Å². The number of aromatic nitrogens is 3. The first-order valence-corrected chi connectivity index (χ1v) is 6.01. The summed E-state index contributed by atoms with van der Waals surface area (Å²) < 4.78 is 7.34. The molecular weight excluding hydrogens is 218 g/mol. The molecule has 0 bridgehead atoms. The Hall–Kier alpha value is -1.23. The molecule has 4 atom stereocenters. The lowest BCUT2D eigenvalue weighted by atomic mass is 9.85. The fraction of sp³-hybridized carbons (Fsp3) is 0.750. The molecule has 1 aromatic rings. The van der Waals surface area contributed by atoms with Crippen molar-refractivity contribution in [2.75, 3.05) is 0 Å². The molecule has 0 saturated carbocycles. The number of carbonyl (C=O) groups is 1. The van der Waals surface area contributed by atoms with E-state index < -0.39 is 0 Å². The van der Waals surface area contributed by atoms with E-state index in [0.717, 1.165) is 0 Å². The Bertz CT molecular complexity index is 416. The zero-order valence-corrected chi connectivity index (χ0v) is 10.8. The molecular formula is C12H19N3O2. The van der Waals surface area contributed by atoms with Gasteiger partial charge in [0.1, 0.15) is 17.9 Å². The monoisotopic (exact) mass is 237 g/mol. The van der Waals surface area contributed by atoms with Gasteiger partial charge in [-0.15, -0.1) is 0 Å². The van der Waals surface area contributed by atoms with E-state index in [1.165, 1.54) is 6.33 Å². The number of hydrogen-bond acceptors (Lipinski definition) is 4. The summed E-state index contributed by atoms with van der Waals surface area (Å²) >= 11 is 0. The Morgan fingerprint density at radius 3 is 2.59 bits per heavy atom. The fourth-order valence-electron chi connectivity index (χ4n) is 2.58. The van der Waals surface area contributed by atoms with Crippen LogP contribution >= 0.6 is 0 Å². The fourth-order valence-corrected chi connectivity index (χ4v) is 2.58. The minimum atomic E-state index is -0.0262. The number of ether oxygens (including phenoxy) is 1. The van der Waals surface area contributed by atoms with Gasteiger partial charge in [0.2, 0.25) is 0 Å². The minimum absolute atomic E-state index is 0.000674. The van der Waals surface area contributed by atoms with Crippen molar-refractivity contribution in [1.29, 1.82) is 0 Å². The summed E-state index contributed by atoms with van der Waals surface area (Å²) in [5.41, 5.74) is 0. The first kappa shape index (κ1) is 12.2. The molecule has 2 heterocycles. The van der Waals surface area contributed by atoms with E-state index in [1.807, 2.05) is 13.8 Å². The molecule has 0 N–H and O–H groups in total. The van der Waals surface area contributed by atoms with Crippen molar-refractivity contribution in [3.05, 3.63) is 12.2 Å². The summed E-state index contributed by atoms with van der Waals surface area (Å²) in [6.07, 6.45) is 1.97. The van der Waals surface area contributed by atoms with Crippen molar-refractivity contribution in [2.45, 2.75) is 39.4 Å². The van der Waals surface area contributed by atoms with E-state index in [-0.39, 0.29) is 29.8 Å². The maximum atomic E-state index is 12.3. The molecule has 94 valence electrons. The minimum Gasteiger partial charge on any atom is -0.375 e. The smallest absolute Gasteiger partial charge is 0.146 e. The third-order valence-electron chi connectivity index (χ3n) is 3.75. The largest absolute Gasteiger partial charge is 0.375 e. The summed E-state index contributed by atoms with van der Waals surface area (Å²) in [5, 5.41) is 3.97. The van der Waals surface area contributed by atoms with Gasteiger partial charge in [0.15, 0.2) is 0 Å². The van der Waals surface area contributed by atoms with Crippen LogP contribution in [0, 0.1) is 11.8 Å². The zero-order chi connectivity index (χ0) is 12.6. The third-order valence-corrected chi connectivity index (χ3v) is 3.75. The first-order chi connectivity index (χ1) is 8.00. The van der Waals surface area contributed by atoms with E-state index in [4.69, 9.17) is 4.74 Å². The summed E-state index contributed by atoms with van der Waals surface area (Å²) in [7, 11) is 1.80. The molecule has 0 aliphatic carbocycles. The summed E-state index contributed by atoms with van der Waals surface area (Å²) in [5.74, 6) is 1.16. The number of rotatable bonds is 3. The van der Waals surface area contributed by atoms with Gasteiger partial charge in [-0.25, -0.2) is 4.98 Å².